The quantitative estimate of drug-likeness (QED) is 0.294. The first-order valence-electron chi connectivity index (χ1n) is 13.8. The Hall–Kier alpha value is -3.55. The monoisotopic (exact) mass is 493 g/mol. The van der Waals surface area contributed by atoms with Crippen molar-refractivity contribution in [2.45, 2.75) is 0 Å². The number of nitrogens with zero attached hydrogens (tertiary/aromatic N) is 1. The molecule has 0 saturated carbocycles. The van der Waals surface area contributed by atoms with E-state index in [2.05, 4.69) is 126 Å². The third-order valence-corrected chi connectivity index (χ3v) is 17.9. The molecule has 6 aliphatic heterocycles. The van der Waals surface area contributed by atoms with Crippen molar-refractivity contribution in [1.82, 2.24) is 4.57 Å². The molecule has 7 heterocycles. The summed E-state index contributed by atoms with van der Waals surface area (Å²) in [5, 5.41) is 8.74. The van der Waals surface area contributed by atoms with Crippen LogP contribution >= 0.6 is 6.39 Å². The molecule has 2 radical (unpaired) electrons. The van der Waals surface area contributed by atoms with Gasteiger partial charge >= 0.3 is 224 Å². The van der Waals surface area contributed by atoms with Gasteiger partial charge in [0, 0.05) is 0 Å². The van der Waals surface area contributed by atoms with E-state index in [4.69, 9.17) is 0 Å². The predicted octanol–water partition coefficient (Wildman–Crippen LogP) is 3.67. The van der Waals surface area contributed by atoms with Crippen molar-refractivity contribution in [3.8, 4) is 16.8 Å². The van der Waals surface area contributed by atoms with Crippen LogP contribution in [-0.2, 0) is 0 Å². The van der Waals surface area contributed by atoms with E-state index in [0.717, 1.165) is 18.6 Å². The molecule has 4 fully saturated rings. The van der Waals surface area contributed by atoms with Crippen LogP contribution in [0.3, 0.4) is 0 Å². The summed E-state index contributed by atoms with van der Waals surface area (Å²) in [5.74, 6) is 0. The molecule has 38 heavy (non-hydrogen) atoms. The van der Waals surface area contributed by atoms with Gasteiger partial charge in [-0.3, -0.25) is 0 Å². The molecule has 12 rings (SSSR count). The Balaban J connectivity index is 1.32. The molecule has 0 aliphatic carbocycles. The van der Waals surface area contributed by atoms with Gasteiger partial charge in [0.15, 0.2) is 0 Å². The summed E-state index contributed by atoms with van der Waals surface area (Å²) in [6.45, 7) is 0.295. The Labute approximate surface area is 223 Å². The Morgan fingerprint density at radius 3 is 2.26 bits per heavy atom. The van der Waals surface area contributed by atoms with E-state index in [1.54, 1.807) is 10.8 Å². The first-order chi connectivity index (χ1) is 18.8. The maximum absolute atomic E-state index is 4.31. The molecule has 0 atom stereocenters. The number of rotatable bonds is 3. The van der Waals surface area contributed by atoms with Crippen LogP contribution in [0.2, 0.25) is 0 Å². The van der Waals surface area contributed by atoms with Crippen LogP contribution < -0.4 is 26.8 Å². The van der Waals surface area contributed by atoms with E-state index in [0.29, 0.717) is 6.71 Å². The number of para-hydroxylation sites is 2. The third kappa shape index (κ3) is 1.75. The van der Waals surface area contributed by atoms with Crippen molar-refractivity contribution in [3.05, 3.63) is 109 Å². The van der Waals surface area contributed by atoms with Gasteiger partial charge in [0.2, 0.25) is 0 Å². The Morgan fingerprint density at radius 2 is 1.42 bits per heavy atom. The molecule has 6 aromatic rings. The van der Waals surface area contributed by atoms with Gasteiger partial charge in [-0.25, -0.2) is 0 Å². The van der Waals surface area contributed by atoms with Gasteiger partial charge in [0.1, 0.15) is 0 Å². The van der Waals surface area contributed by atoms with Crippen LogP contribution in [0.4, 0.5) is 5.69 Å². The molecule has 0 unspecified atom stereocenters. The topological polar surface area (TPSA) is 17.0 Å². The molecular formula is C30H19B5N2P-. The fourth-order valence-corrected chi connectivity index (χ4v) is 17.5. The summed E-state index contributed by atoms with van der Waals surface area (Å²) in [4.78, 5) is 0. The van der Waals surface area contributed by atoms with E-state index in [1.165, 1.54) is 55.2 Å². The second-order valence-electron chi connectivity index (χ2n) is 12.0. The zero-order valence-corrected chi connectivity index (χ0v) is 21.6. The summed E-state index contributed by atoms with van der Waals surface area (Å²) in [6.07, 6.45) is 0.125. The zero-order valence-electron chi connectivity index (χ0n) is 20.7. The van der Waals surface area contributed by atoms with Crippen LogP contribution in [0.25, 0.3) is 38.6 Å². The normalized spacial score (nSPS) is 19.8. The van der Waals surface area contributed by atoms with E-state index >= 15 is 0 Å². The van der Waals surface area contributed by atoms with Crippen molar-refractivity contribution in [1.29, 1.82) is 0 Å². The average Bonchev–Trinajstić information content (AvgIpc) is 3.40. The van der Waals surface area contributed by atoms with Gasteiger partial charge < -0.3 is 0 Å². The Kier molecular flexibility index (Phi) is 3.02. The first-order valence-corrected chi connectivity index (χ1v) is 16.3. The SMILES string of the molecule is [B-]1B2B3B1P23(Nc1ccccc1)c1ccc2c3ccccc3n3c2c1B1c2ccccc2-c2cccc-3c21. The number of hydrogen-bond donors (Lipinski definition) is 1. The second kappa shape index (κ2) is 5.87. The molecule has 5 aromatic carbocycles. The Morgan fingerprint density at radius 1 is 0.658 bits per heavy atom. The standard InChI is InChI=1S/C30H19B5N2P/c1-2-9-19(10-3-1)36-38(33-31-34(38)35(33)38)27-18-17-23-21-12-5-7-15-25(21)37-26-16-8-13-22-20-11-4-6-14-24(20)32(28(22)26)29(27)30(23)37/h1-18,36H/q-1. The number of nitrogens with one attached hydrogen (secondary N) is 1. The second-order valence-corrected chi connectivity index (χ2v) is 17.1. The molecule has 4 saturated heterocycles. The molecule has 1 aromatic heterocycles. The molecule has 0 amide bonds. The fraction of sp³-hybridized carbons (Fsp3) is 0. The van der Waals surface area contributed by atoms with Gasteiger partial charge in [-0.2, -0.15) is 0 Å². The van der Waals surface area contributed by atoms with Gasteiger partial charge in [0.25, 0.3) is 0 Å². The molecule has 0 spiro atoms. The van der Waals surface area contributed by atoms with Gasteiger partial charge in [-0.1, -0.05) is 0 Å². The van der Waals surface area contributed by atoms with Crippen LogP contribution in [0, 0.1) is 0 Å². The number of hydrogen-bond acceptors (Lipinski definition) is 1. The van der Waals surface area contributed by atoms with Crippen molar-refractivity contribution < 1.29 is 0 Å². The van der Waals surface area contributed by atoms with Gasteiger partial charge in [0.05, 0.1) is 0 Å². The summed E-state index contributed by atoms with van der Waals surface area (Å²) >= 11 is 0. The summed E-state index contributed by atoms with van der Waals surface area (Å²) < 4.78 is 2.61. The number of anilines is 1. The van der Waals surface area contributed by atoms with Crippen LogP contribution in [0.1, 0.15) is 0 Å². The minimum atomic E-state index is -2.23. The van der Waals surface area contributed by atoms with Crippen molar-refractivity contribution in [3.63, 3.8) is 0 Å². The molecule has 170 valence electrons. The number of aromatic nitrogens is 1. The summed E-state index contributed by atoms with van der Waals surface area (Å²) in [7, 11) is 2.65. The van der Waals surface area contributed by atoms with Crippen molar-refractivity contribution >= 4 is 88.0 Å². The summed E-state index contributed by atoms with van der Waals surface area (Å²) in [6, 6.07) is 41.2. The van der Waals surface area contributed by atoms with Crippen molar-refractivity contribution in [2.75, 3.05) is 5.09 Å². The van der Waals surface area contributed by atoms with E-state index < -0.39 is 6.39 Å². The van der Waals surface area contributed by atoms with E-state index in [-0.39, 0.29) is 0 Å². The van der Waals surface area contributed by atoms with Crippen molar-refractivity contribution in [2.24, 2.45) is 0 Å². The molecule has 8 heteroatoms. The molecule has 6 aliphatic rings. The third-order valence-electron chi connectivity index (χ3n) is 10.8. The molecule has 2 nitrogen and oxygen atoms in total. The molecule has 2 bridgehead atoms. The minimum absolute atomic E-state index is 0.295. The number of benzene rings is 5. The van der Waals surface area contributed by atoms with E-state index in [1.807, 2.05) is 0 Å². The maximum atomic E-state index is 4.31. The van der Waals surface area contributed by atoms with E-state index in [9.17, 15) is 0 Å². The van der Waals surface area contributed by atoms with Gasteiger partial charge in [-0.05, 0) is 0 Å². The average molecular weight is 493 g/mol. The zero-order chi connectivity index (χ0) is 24.4. The van der Waals surface area contributed by atoms with Crippen LogP contribution in [0.15, 0.2) is 109 Å². The van der Waals surface area contributed by atoms with Crippen LogP contribution in [0.5, 0.6) is 0 Å². The van der Waals surface area contributed by atoms with Gasteiger partial charge in [-0.15, -0.1) is 0 Å². The predicted molar refractivity (Wildman–Crippen MR) is 171 cm³/mol. The van der Waals surface area contributed by atoms with Crippen LogP contribution in [-0.4, -0.2) is 37.0 Å². The first kappa shape index (κ1) is 19.5. The molecular weight excluding hydrogens is 473 g/mol. The molecule has 1 N–H and O–H groups in total. The summed E-state index contributed by atoms with van der Waals surface area (Å²) in [5.41, 5.74) is 12.8. The fourth-order valence-electron chi connectivity index (χ4n) is 9.25. The number of fused-ring (bicyclic) bond motifs is 8. The Bertz CT molecular complexity index is 2090.